The monoisotopic (exact) mass is 217 g/mol. The molecule has 0 atom stereocenters. The highest BCUT2D eigenvalue weighted by atomic mass is 15.1. The van der Waals surface area contributed by atoms with Crippen molar-refractivity contribution >= 4 is 0 Å². The molecule has 1 N–H and O–H groups in total. The van der Waals surface area contributed by atoms with Crippen molar-refractivity contribution in [3.63, 3.8) is 0 Å². The van der Waals surface area contributed by atoms with E-state index in [1.165, 1.54) is 0 Å². The van der Waals surface area contributed by atoms with Crippen LogP contribution in [0.25, 0.3) is 0 Å². The van der Waals surface area contributed by atoms with Gasteiger partial charge in [-0.25, -0.2) is 9.55 Å². The Balaban J connectivity index is 2.27. The summed E-state index contributed by atoms with van der Waals surface area (Å²) >= 11 is 0. The van der Waals surface area contributed by atoms with Crippen molar-refractivity contribution in [3.05, 3.63) is 17.7 Å². The number of aromatic nitrogens is 2. The molecule has 0 spiro atoms. The molecule has 0 bridgehead atoms. The van der Waals surface area contributed by atoms with E-state index in [0.717, 1.165) is 37.9 Å². The van der Waals surface area contributed by atoms with Crippen molar-refractivity contribution in [2.45, 2.75) is 45.6 Å². The summed E-state index contributed by atoms with van der Waals surface area (Å²) in [5, 5.41) is 17.2. The Bertz CT molecular complexity index is 406. The van der Waals surface area contributed by atoms with Gasteiger partial charge in [0.2, 0.25) is 0 Å². The van der Waals surface area contributed by atoms with Gasteiger partial charge in [0, 0.05) is 13.3 Å². The molecule has 1 aromatic rings. The van der Waals surface area contributed by atoms with E-state index < -0.39 is 0 Å². The van der Waals surface area contributed by atoms with E-state index in [4.69, 9.17) is 10.5 Å². The van der Waals surface area contributed by atoms with Crippen LogP contribution in [-0.4, -0.2) is 4.98 Å². The first-order chi connectivity index (χ1) is 7.77. The van der Waals surface area contributed by atoms with Gasteiger partial charge in [-0.1, -0.05) is 6.42 Å². The molecule has 0 fully saturated rings. The molecule has 0 saturated carbocycles. The van der Waals surface area contributed by atoms with Crippen LogP contribution in [0.3, 0.4) is 0 Å². The Hall–Kier alpha value is -1.81. The molecule has 0 amide bonds. The molecule has 0 aliphatic carbocycles. The SMILES string of the molecule is Cc1c[n+](CCCCCCC#N)c(C#N)[nH]1. The number of rotatable bonds is 6. The van der Waals surface area contributed by atoms with E-state index in [2.05, 4.69) is 17.1 Å². The molecule has 0 unspecified atom stereocenters. The topological polar surface area (TPSA) is 67.2 Å². The van der Waals surface area contributed by atoms with Crippen molar-refractivity contribution in [2.24, 2.45) is 0 Å². The number of nitrogens with one attached hydrogen (secondary N) is 1. The van der Waals surface area contributed by atoms with Crippen LogP contribution in [-0.2, 0) is 6.54 Å². The molecule has 1 rings (SSSR count). The quantitative estimate of drug-likeness (QED) is 0.584. The number of aromatic amines is 1. The number of hydrogen-bond donors (Lipinski definition) is 1. The zero-order valence-corrected chi connectivity index (χ0v) is 9.66. The van der Waals surface area contributed by atoms with Crippen molar-refractivity contribution in [3.8, 4) is 12.1 Å². The Labute approximate surface area is 96.1 Å². The summed E-state index contributed by atoms with van der Waals surface area (Å²) in [6.45, 7) is 2.82. The van der Waals surface area contributed by atoms with E-state index in [1.807, 2.05) is 17.7 Å². The van der Waals surface area contributed by atoms with Gasteiger partial charge in [-0.05, 0) is 19.3 Å². The molecule has 84 valence electrons. The van der Waals surface area contributed by atoms with E-state index in [0.29, 0.717) is 12.2 Å². The van der Waals surface area contributed by atoms with E-state index in [9.17, 15) is 0 Å². The lowest BCUT2D eigenvalue weighted by molar-refractivity contribution is -0.698. The Morgan fingerprint density at radius 1 is 1.25 bits per heavy atom. The van der Waals surface area contributed by atoms with Crippen LogP contribution in [0, 0.1) is 29.6 Å². The maximum absolute atomic E-state index is 8.87. The number of aryl methyl sites for hydroxylation is 2. The lowest BCUT2D eigenvalue weighted by atomic mass is 10.1. The summed E-state index contributed by atoms with van der Waals surface area (Å²) in [6.07, 6.45) is 6.87. The number of nitrogens with zero attached hydrogens (tertiary/aromatic N) is 3. The smallest absolute Gasteiger partial charge is 0.232 e. The van der Waals surface area contributed by atoms with E-state index >= 15 is 0 Å². The fraction of sp³-hybridized carbons (Fsp3) is 0.583. The second-order valence-corrected chi connectivity index (χ2v) is 3.91. The molecule has 1 aromatic heterocycles. The number of unbranched alkanes of at least 4 members (excludes halogenated alkanes) is 4. The van der Waals surface area contributed by atoms with Gasteiger partial charge in [0.05, 0.1) is 12.6 Å². The van der Waals surface area contributed by atoms with Crippen LogP contribution in [0.15, 0.2) is 6.20 Å². The summed E-state index contributed by atoms with van der Waals surface area (Å²) in [7, 11) is 0. The third-order valence-electron chi connectivity index (χ3n) is 2.50. The highest BCUT2D eigenvalue weighted by molar-refractivity contribution is 5.05. The van der Waals surface area contributed by atoms with Crippen LogP contribution in [0.4, 0.5) is 0 Å². The van der Waals surface area contributed by atoms with Crippen molar-refractivity contribution in [1.29, 1.82) is 10.5 Å². The van der Waals surface area contributed by atoms with E-state index in [-0.39, 0.29) is 0 Å². The minimum Gasteiger partial charge on any atom is -0.232 e. The van der Waals surface area contributed by atoms with Crippen LogP contribution in [0.5, 0.6) is 0 Å². The predicted molar refractivity (Wildman–Crippen MR) is 59.1 cm³/mol. The van der Waals surface area contributed by atoms with Crippen LogP contribution >= 0.6 is 0 Å². The number of nitriles is 2. The summed E-state index contributed by atoms with van der Waals surface area (Å²) in [4.78, 5) is 3.01. The summed E-state index contributed by atoms with van der Waals surface area (Å²) in [5.74, 6) is 0.620. The molecule has 16 heavy (non-hydrogen) atoms. The van der Waals surface area contributed by atoms with Gasteiger partial charge in [-0.2, -0.15) is 10.5 Å². The first-order valence-corrected chi connectivity index (χ1v) is 5.64. The molecule has 1 heterocycles. The number of hydrogen-bond acceptors (Lipinski definition) is 2. The average molecular weight is 217 g/mol. The largest absolute Gasteiger partial charge is 0.359 e. The second kappa shape index (κ2) is 6.63. The van der Waals surface area contributed by atoms with Crippen LogP contribution < -0.4 is 4.57 Å². The molecule has 0 radical (unpaired) electrons. The Morgan fingerprint density at radius 3 is 2.69 bits per heavy atom. The summed E-state index contributed by atoms with van der Waals surface area (Å²) in [5.41, 5.74) is 1.01. The third-order valence-corrected chi connectivity index (χ3v) is 2.50. The second-order valence-electron chi connectivity index (χ2n) is 3.91. The summed E-state index contributed by atoms with van der Waals surface area (Å²) in [6, 6.07) is 4.29. The zero-order chi connectivity index (χ0) is 11.8. The first kappa shape index (κ1) is 12.3. The average Bonchev–Trinajstić information content (AvgIpc) is 2.64. The van der Waals surface area contributed by atoms with Gasteiger partial charge in [0.1, 0.15) is 11.9 Å². The molecular weight excluding hydrogens is 200 g/mol. The van der Waals surface area contributed by atoms with Gasteiger partial charge in [0.15, 0.2) is 6.07 Å². The van der Waals surface area contributed by atoms with Gasteiger partial charge < -0.3 is 0 Å². The molecule has 0 saturated heterocycles. The Kier molecular flexibility index (Phi) is 5.08. The van der Waals surface area contributed by atoms with Crippen LogP contribution in [0.1, 0.15) is 43.6 Å². The fourth-order valence-electron chi connectivity index (χ4n) is 1.70. The molecule has 0 aliphatic heterocycles. The lowest BCUT2D eigenvalue weighted by Crippen LogP contribution is -2.34. The van der Waals surface area contributed by atoms with Gasteiger partial charge in [0.25, 0.3) is 0 Å². The predicted octanol–water partition coefficient (Wildman–Crippen LogP) is 1.96. The van der Waals surface area contributed by atoms with Crippen LogP contribution in [0.2, 0.25) is 0 Å². The van der Waals surface area contributed by atoms with Crippen molar-refractivity contribution < 1.29 is 4.57 Å². The fourth-order valence-corrected chi connectivity index (χ4v) is 1.70. The first-order valence-electron chi connectivity index (χ1n) is 5.64. The summed E-state index contributed by atoms with van der Waals surface area (Å²) < 4.78 is 1.96. The van der Waals surface area contributed by atoms with E-state index in [1.54, 1.807) is 0 Å². The minimum atomic E-state index is 0.620. The lowest BCUT2D eigenvalue weighted by Gasteiger charge is -1.97. The highest BCUT2D eigenvalue weighted by Gasteiger charge is 2.11. The Morgan fingerprint density at radius 2 is 2.00 bits per heavy atom. The zero-order valence-electron chi connectivity index (χ0n) is 9.66. The molecular formula is C12H17N4+. The molecule has 4 nitrogen and oxygen atoms in total. The highest BCUT2D eigenvalue weighted by Crippen LogP contribution is 2.02. The minimum absolute atomic E-state index is 0.620. The van der Waals surface area contributed by atoms with Crippen molar-refractivity contribution in [2.75, 3.05) is 0 Å². The standard InChI is InChI=1S/C12H16N4/c1-11-10-16(12(9-14)15-11)8-6-4-2-3-5-7-13/h10H,2-6,8H2,1H3/p+1. The third kappa shape index (κ3) is 3.74. The maximum atomic E-state index is 8.87. The molecule has 0 aliphatic rings. The molecule has 4 heteroatoms. The maximum Gasteiger partial charge on any atom is 0.359 e. The molecule has 0 aromatic carbocycles. The van der Waals surface area contributed by atoms with Gasteiger partial charge >= 0.3 is 5.82 Å². The number of imidazole rings is 1. The van der Waals surface area contributed by atoms with Gasteiger partial charge in [-0.15, -0.1) is 0 Å². The number of H-pyrrole nitrogens is 1. The van der Waals surface area contributed by atoms with Crippen molar-refractivity contribution in [1.82, 2.24) is 4.98 Å². The van der Waals surface area contributed by atoms with Gasteiger partial charge in [-0.3, -0.25) is 0 Å². The normalized spacial score (nSPS) is 9.69.